The SMILES string of the molecule is CCN(C)Cc1cccc(-c2ccc(C=O)cc2)c1. The van der Waals surface area contributed by atoms with Crippen LogP contribution in [0.1, 0.15) is 22.8 Å². The molecule has 2 heteroatoms. The Balaban J connectivity index is 2.24. The second kappa shape index (κ2) is 6.30. The summed E-state index contributed by atoms with van der Waals surface area (Å²) in [5, 5.41) is 0. The molecule has 0 atom stereocenters. The summed E-state index contributed by atoms with van der Waals surface area (Å²) in [6.45, 7) is 4.15. The maximum absolute atomic E-state index is 10.7. The van der Waals surface area contributed by atoms with E-state index in [1.54, 1.807) is 0 Å². The van der Waals surface area contributed by atoms with E-state index in [9.17, 15) is 4.79 Å². The molecule has 2 rings (SSSR count). The first-order valence-corrected chi connectivity index (χ1v) is 6.56. The average Bonchev–Trinajstić information content (AvgIpc) is 2.47. The van der Waals surface area contributed by atoms with Crippen molar-refractivity contribution in [2.45, 2.75) is 13.5 Å². The highest BCUT2D eigenvalue weighted by Crippen LogP contribution is 2.21. The lowest BCUT2D eigenvalue weighted by molar-refractivity contribution is 0.112. The van der Waals surface area contributed by atoms with E-state index in [4.69, 9.17) is 0 Å². The monoisotopic (exact) mass is 253 g/mol. The van der Waals surface area contributed by atoms with E-state index >= 15 is 0 Å². The van der Waals surface area contributed by atoms with E-state index in [-0.39, 0.29) is 0 Å². The largest absolute Gasteiger partial charge is 0.302 e. The topological polar surface area (TPSA) is 20.3 Å². The van der Waals surface area contributed by atoms with Crippen LogP contribution in [0.25, 0.3) is 11.1 Å². The molecule has 0 N–H and O–H groups in total. The van der Waals surface area contributed by atoms with Gasteiger partial charge < -0.3 is 4.90 Å². The number of carbonyl (C=O) groups excluding carboxylic acids is 1. The van der Waals surface area contributed by atoms with Crippen molar-refractivity contribution < 1.29 is 4.79 Å². The Morgan fingerprint density at radius 3 is 2.42 bits per heavy atom. The molecule has 0 aliphatic carbocycles. The van der Waals surface area contributed by atoms with Crippen molar-refractivity contribution in [3.63, 3.8) is 0 Å². The minimum absolute atomic E-state index is 0.714. The highest BCUT2D eigenvalue weighted by atomic mass is 16.1. The first-order valence-electron chi connectivity index (χ1n) is 6.56. The van der Waals surface area contributed by atoms with Gasteiger partial charge in [0.1, 0.15) is 6.29 Å². The molecule has 0 saturated carbocycles. The fourth-order valence-electron chi connectivity index (χ4n) is 2.03. The third kappa shape index (κ3) is 3.52. The summed E-state index contributed by atoms with van der Waals surface area (Å²) >= 11 is 0. The van der Waals surface area contributed by atoms with Gasteiger partial charge in [-0.05, 0) is 36.3 Å². The predicted octanol–water partition coefficient (Wildman–Crippen LogP) is 3.62. The lowest BCUT2D eigenvalue weighted by atomic mass is 10.0. The van der Waals surface area contributed by atoms with Gasteiger partial charge in [-0.2, -0.15) is 0 Å². The predicted molar refractivity (Wildman–Crippen MR) is 79.3 cm³/mol. The summed E-state index contributed by atoms with van der Waals surface area (Å²) in [4.78, 5) is 12.9. The highest BCUT2D eigenvalue weighted by Gasteiger charge is 2.02. The lowest BCUT2D eigenvalue weighted by Crippen LogP contribution is -2.16. The van der Waals surface area contributed by atoms with Crippen molar-refractivity contribution in [3.05, 3.63) is 59.7 Å². The Bertz CT molecular complexity index is 545. The average molecular weight is 253 g/mol. The molecule has 0 amide bonds. The molecule has 0 aliphatic rings. The fraction of sp³-hybridized carbons (Fsp3) is 0.235. The number of nitrogens with zero attached hydrogens (tertiary/aromatic N) is 1. The number of aldehydes is 1. The van der Waals surface area contributed by atoms with Crippen LogP contribution in [0.4, 0.5) is 0 Å². The van der Waals surface area contributed by atoms with Crippen LogP contribution in [0.15, 0.2) is 48.5 Å². The Morgan fingerprint density at radius 1 is 1.05 bits per heavy atom. The van der Waals surface area contributed by atoms with E-state index in [0.717, 1.165) is 24.9 Å². The maximum Gasteiger partial charge on any atom is 0.150 e. The second-order valence-corrected chi connectivity index (χ2v) is 4.77. The maximum atomic E-state index is 10.7. The summed E-state index contributed by atoms with van der Waals surface area (Å²) in [5.41, 5.74) is 4.36. The van der Waals surface area contributed by atoms with Crippen LogP contribution in [0.5, 0.6) is 0 Å². The van der Waals surface area contributed by atoms with Gasteiger partial charge in [0, 0.05) is 12.1 Å². The Hall–Kier alpha value is -1.93. The third-order valence-corrected chi connectivity index (χ3v) is 3.30. The van der Waals surface area contributed by atoms with Gasteiger partial charge in [-0.1, -0.05) is 49.4 Å². The van der Waals surface area contributed by atoms with Gasteiger partial charge in [0.05, 0.1) is 0 Å². The summed E-state index contributed by atoms with van der Waals surface area (Å²) in [5.74, 6) is 0. The molecule has 0 radical (unpaired) electrons. The van der Waals surface area contributed by atoms with Gasteiger partial charge >= 0.3 is 0 Å². The van der Waals surface area contributed by atoms with Crippen molar-refractivity contribution in [1.82, 2.24) is 4.90 Å². The van der Waals surface area contributed by atoms with E-state index < -0.39 is 0 Å². The third-order valence-electron chi connectivity index (χ3n) is 3.30. The Labute approximate surface area is 114 Å². The zero-order valence-corrected chi connectivity index (χ0v) is 11.5. The van der Waals surface area contributed by atoms with Crippen LogP contribution < -0.4 is 0 Å². The van der Waals surface area contributed by atoms with Crippen LogP contribution in [-0.4, -0.2) is 24.8 Å². The Kier molecular flexibility index (Phi) is 4.48. The molecule has 0 aromatic heterocycles. The minimum Gasteiger partial charge on any atom is -0.302 e. The van der Waals surface area contributed by atoms with Crippen molar-refractivity contribution in [1.29, 1.82) is 0 Å². The van der Waals surface area contributed by atoms with Crippen LogP contribution >= 0.6 is 0 Å². The molecule has 2 nitrogen and oxygen atoms in total. The Morgan fingerprint density at radius 2 is 1.79 bits per heavy atom. The van der Waals surface area contributed by atoms with Crippen LogP contribution in [-0.2, 0) is 6.54 Å². The first kappa shape index (κ1) is 13.5. The zero-order chi connectivity index (χ0) is 13.7. The molecular formula is C17H19NO. The van der Waals surface area contributed by atoms with Gasteiger partial charge in [0.2, 0.25) is 0 Å². The van der Waals surface area contributed by atoms with Gasteiger partial charge in [-0.25, -0.2) is 0 Å². The molecule has 0 bridgehead atoms. The van der Waals surface area contributed by atoms with Crippen molar-refractivity contribution in [3.8, 4) is 11.1 Å². The van der Waals surface area contributed by atoms with E-state index in [2.05, 4.69) is 43.1 Å². The molecule has 2 aromatic rings. The number of benzene rings is 2. The van der Waals surface area contributed by atoms with E-state index in [0.29, 0.717) is 5.56 Å². The molecule has 98 valence electrons. The molecule has 19 heavy (non-hydrogen) atoms. The van der Waals surface area contributed by atoms with E-state index in [1.165, 1.54) is 11.1 Å². The second-order valence-electron chi connectivity index (χ2n) is 4.77. The highest BCUT2D eigenvalue weighted by molar-refractivity contribution is 5.77. The van der Waals surface area contributed by atoms with Crippen molar-refractivity contribution in [2.75, 3.05) is 13.6 Å². The quantitative estimate of drug-likeness (QED) is 0.759. The molecule has 0 unspecified atom stereocenters. The minimum atomic E-state index is 0.714. The van der Waals surface area contributed by atoms with Gasteiger partial charge in [0.25, 0.3) is 0 Å². The smallest absolute Gasteiger partial charge is 0.150 e. The molecule has 0 saturated heterocycles. The van der Waals surface area contributed by atoms with Crippen molar-refractivity contribution in [2.24, 2.45) is 0 Å². The molecule has 0 spiro atoms. The number of rotatable bonds is 5. The number of hydrogen-bond acceptors (Lipinski definition) is 2. The van der Waals surface area contributed by atoms with Gasteiger partial charge in [0.15, 0.2) is 0 Å². The first-order chi connectivity index (χ1) is 9.22. The summed E-state index contributed by atoms with van der Waals surface area (Å²) < 4.78 is 0. The molecule has 0 fully saturated rings. The van der Waals surface area contributed by atoms with Crippen LogP contribution in [0.2, 0.25) is 0 Å². The number of hydrogen-bond donors (Lipinski definition) is 0. The summed E-state index contributed by atoms with van der Waals surface area (Å²) in [6.07, 6.45) is 0.871. The van der Waals surface area contributed by atoms with Crippen molar-refractivity contribution >= 4 is 6.29 Å². The standard InChI is InChI=1S/C17H19NO/c1-3-18(2)12-15-5-4-6-17(11-15)16-9-7-14(13-19)8-10-16/h4-11,13H,3,12H2,1-2H3. The molecule has 2 aromatic carbocycles. The van der Waals surface area contributed by atoms with Crippen LogP contribution in [0, 0.1) is 0 Å². The van der Waals surface area contributed by atoms with Crippen LogP contribution in [0.3, 0.4) is 0 Å². The van der Waals surface area contributed by atoms with E-state index in [1.807, 2.05) is 24.3 Å². The summed E-state index contributed by atoms with van der Waals surface area (Å²) in [6, 6.07) is 16.2. The normalized spacial score (nSPS) is 10.7. The van der Waals surface area contributed by atoms with Gasteiger partial charge in [-0.15, -0.1) is 0 Å². The molecule has 0 aliphatic heterocycles. The zero-order valence-electron chi connectivity index (χ0n) is 11.5. The fourth-order valence-corrected chi connectivity index (χ4v) is 2.03. The summed E-state index contributed by atoms with van der Waals surface area (Å²) in [7, 11) is 2.12. The molecule has 0 heterocycles. The van der Waals surface area contributed by atoms with Gasteiger partial charge in [-0.3, -0.25) is 4.79 Å². The number of carbonyl (C=O) groups is 1. The lowest BCUT2D eigenvalue weighted by Gasteiger charge is -2.14. The molecular weight excluding hydrogens is 234 g/mol.